The van der Waals surface area contributed by atoms with E-state index in [1.807, 2.05) is 13.8 Å². The van der Waals surface area contributed by atoms with Crippen LogP contribution in [0.15, 0.2) is 0 Å². The molecule has 1 N–H and O–H groups in total. The van der Waals surface area contributed by atoms with Crippen molar-refractivity contribution in [2.75, 3.05) is 13.2 Å². The van der Waals surface area contributed by atoms with Crippen LogP contribution in [-0.4, -0.2) is 24.7 Å². The molecule has 0 aliphatic heterocycles. The quantitative estimate of drug-likeness (QED) is 0.678. The van der Waals surface area contributed by atoms with Crippen LogP contribution >= 0.6 is 0 Å². The van der Waals surface area contributed by atoms with E-state index in [1.165, 1.54) is 12.8 Å². The maximum Gasteiger partial charge on any atom is 0.326 e. The molecule has 0 aromatic rings. The fourth-order valence-electron chi connectivity index (χ4n) is 2.03. The molecular weight excluding hydrogens is 202 g/mol. The molecule has 3 heteroatoms. The molecule has 0 bridgehead atoms. The van der Waals surface area contributed by atoms with Gasteiger partial charge in [0.1, 0.15) is 5.54 Å². The smallest absolute Gasteiger partial charge is 0.326 e. The predicted molar refractivity (Wildman–Crippen MR) is 65.2 cm³/mol. The molecule has 1 fully saturated rings. The van der Waals surface area contributed by atoms with Gasteiger partial charge in [-0.2, -0.15) is 0 Å². The molecule has 1 atom stereocenters. The Morgan fingerprint density at radius 3 is 2.56 bits per heavy atom. The van der Waals surface area contributed by atoms with E-state index in [0.29, 0.717) is 12.5 Å². The first kappa shape index (κ1) is 13.5. The molecule has 0 aromatic heterocycles. The maximum absolute atomic E-state index is 11.9. The van der Waals surface area contributed by atoms with Crippen LogP contribution < -0.4 is 5.32 Å². The standard InChI is InChI=1S/C13H25NO2/c1-5-16-12(15)13(4,8-10(2)3)14-9-11-6-7-11/h10-11,14H,5-9H2,1-4H3. The first-order valence-electron chi connectivity index (χ1n) is 6.40. The van der Waals surface area contributed by atoms with Crippen molar-refractivity contribution in [1.82, 2.24) is 5.32 Å². The number of ether oxygens (including phenoxy) is 1. The zero-order valence-electron chi connectivity index (χ0n) is 11.0. The minimum atomic E-state index is -0.507. The highest BCUT2D eigenvalue weighted by Gasteiger charge is 2.36. The topological polar surface area (TPSA) is 38.3 Å². The van der Waals surface area contributed by atoms with Crippen LogP contribution in [0.1, 0.15) is 47.0 Å². The zero-order valence-corrected chi connectivity index (χ0v) is 11.0. The molecule has 0 amide bonds. The average Bonchev–Trinajstić information content (AvgIpc) is 2.97. The molecule has 1 rings (SSSR count). The number of rotatable bonds is 7. The Morgan fingerprint density at radius 2 is 2.12 bits per heavy atom. The van der Waals surface area contributed by atoms with E-state index in [9.17, 15) is 4.79 Å². The summed E-state index contributed by atoms with van der Waals surface area (Å²) < 4.78 is 5.16. The van der Waals surface area contributed by atoms with Crippen molar-refractivity contribution in [3.05, 3.63) is 0 Å². The summed E-state index contributed by atoms with van der Waals surface area (Å²) in [7, 11) is 0. The molecule has 0 spiro atoms. The number of carbonyl (C=O) groups is 1. The summed E-state index contributed by atoms with van der Waals surface area (Å²) >= 11 is 0. The third kappa shape index (κ3) is 4.12. The van der Waals surface area contributed by atoms with Crippen LogP contribution in [-0.2, 0) is 9.53 Å². The fourth-order valence-corrected chi connectivity index (χ4v) is 2.03. The molecule has 1 saturated carbocycles. The predicted octanol–water partition coefficient (Wildman–Crippen LogP) is 2.35. The summed E-state index contributed by atoms with van der Waals surface area (Å²) in [6.07, 6.45) is 3.43. The molecule has 3 nitrogen and oxygen atoms in total. The molecular formula is C13H25NO2. The molecule has 1 aliphatic carbocycles. The number of esters is 1. The summed E-state index contributed by atoms with van der Waals surface area (Å²) in [5.41, 5.74) is -0.507. The van der Waals surface area contributed by atoms with E-state index in [4.69, 9.17) is 4.74 Å². The van der Waals surface area contributed by atoms with Gasteiger partial charge in [-0.05, 0) is 51.5 Å². The maximum atomic E-state index is 11.9. The van der Waals surface area contributed by atoms with Gasteiger partial charge < -0.3 is 10.1 Å². The van der Waals surface area contributed by atoms with Gasteiger partial charge in [-0.1, -0.05) is 13.8 Å². The lowest BCUT2D eigenvalue weighted by atomic mass is 9.90. The van der Waals surface area contributed by atoms with Gasteiger partial charge in [0.15, 0.2) is 0 Å². The SMILES string of the molecule is CCOC(=O)C(C)(CC(C)C)NCC1CC1. The lowest BCUT2D eigenvalue weighted by Crippen LogP contribution is -2.52. The van der Waals surface area contributed by atoms with Crippen molar-refractivity contribution in [3.8, 4) is 0 Å². The zero-order chi connectivity index (χ0) is 12.2. The molecule has 0 radical (unpaired) electrons. The third-order valence-electron chi connectivity index (χ3n) is 3.02. The number of hydrogen-bond acceptors (Lipinski definition) is 3. The van der Waals surface area contributed by atoms with E-state index >= 15 is 0 Å². The van der Waals surface area contributed by atoms with Crippen LogP contribution in [0.3, 0.4) is 0 Å². The fraction of sp³-hybridized carbons (Fsp3) is 0.923. The van der Waals surface area contributed by atoms with Crippen molar-refractivity contribution in [1.29, 1.82) is 0 Å². The Hall–Kier alpha value is -0.570. The number of nitrogens with one attached hydrogen (secondary N) is 1. The first-order valence-corrected chi connectivity index (χ1v) is 6.40. The second-order valence-corrected chi connectivity index (χ2v) is 5.47. The molecule has 16 heavy (non-hydrogen) atoms. The van der Waals surface area contributed by atoms with Crippen LogP contribution in [0.2, 0.25) is 0 Å². The molecule has 0 aromatic carbocycles. The van der Waals surface area contributed by atoms with Crippen molar-refractivity contribution in [2.24, 2.45) is 11.8 Å². The average molecular weight is 227 g/mol. The Kier molecular flexibility index (Phi) is 4.78. The van der Waals surface area contributed by atoms with E-state index in [-0.39, 0.29) is 5.97 Å². The Morgan fingerprint density at radius 1 is 1.50 bits per heavy atom. The van der Waals surface area contributed by atoms with Gasteiger partial charge in [0, 0.05) is 0 Å². The van der Waals surface area contributed by atoms with Gasteiger partial charge in [0.2, 0.25) is 0 Å². The number of carbonyl (C=O) groups excluding carboxylic acids is 1. The van der Waals surface area contributed by atoms with Gasteiger partial charge in [-0.15, -0.1) is 0 Å². The van der Waals surface area contributed by atoms with Crippen molar-refractivity contribution in [3.63, 3.8) is 0 Å². The highest BCUT2D eigenvalue weighted by atomic mass is 16.5. The molecule has 1 aliphatic rings. The minimum Gasteiger partial charge on any atom is -0.465 e. The summed E-state index contributed by atoms with van der Waals surface area (Å²) in [5, 5.41) is 3.40. The number of hydrogen-bond donors (Lipinski definition) is 1. The normalized spacial score (nSPS) is 19.6. The van der Waals surface area contributed by atoms with Crippen molar-refractivity contribution < 1.29 is 9.53 Å². The summed E-state index contributed by atoms with van der Waals surface area (Å²) in [4.78, 5) is 11.9. The van der Waals surface area contributed by atoms with Crippen LogP contribution in [0.4, 0.5) is 0 Å². The second-order valence-electron chi connectivity index (χ2n) is 5.47. The highest BCUT2D eigenvalue weighted by Crippen LogP contribution is 2.29. The Bertz CT molecular complexity index is 236. The Labute approximate surface area is 98.9 Å². The summed E-state index contributed by atoms with van der Waals surface area (Å²) in [6, 6.07) is 0. The first-order chi connectivity index (χ1) is 7.48. The van der Waals surface area contributed by atoms with Gasteiger partial charge >= 0.3 is 5.97 Å². The van der Waals surface area contributed by atoms with Crippen molar-refractivity contribution in [2.45, 2.75) is 52.5 Å². The monoisotopic (exact) mass is 227 g/mol. The van der Waals surface area contributed by atoms with Gasteiger partial charge in [0.05, 0.1) is 6.61 Å². The van der Waals surface area contributed by atoms with E-state index in [1.54, 1.807) is 0 Å². The highest BCUT2D eigenvalue weighted by molar-refractivity contribution is 5.80. The van der Waals surface area contributed by atoms with Gasteiger partial charge in [-0.3, -0.25) is 4.79 Å². The van der Waals surface area contributed by atoms with Gasteiger partial charge in [-0.25, -0.2) is 0 Å². The minimum absolute atomic E-state index is 0.107. The lowest BCUT2D eigenvalue weighted by Gasteiger charge is -2.30. The van der Waals surface area contributed by atoms with Crippen LogP contribution in [0, 0.1) is 11.8 Å². The van der Waals surface area contributed by atoms with Crippen LogP contribution in [0.5, 0.6) is 0 Å². The molecule has 0 heterocycles. The third-order valence-corrected chi connectivity index (χ3v) is 3.02. The largest absolute Gasteiger partial charge is 0.465 e. The summed E-state index contributed by atoms with van der Waals surface area (Å²) in [6.45, 7) is 9.49. The lowest BCUT2D eigenvalue weighted by molar-refractivity contribution is -0.151. The van der Waals surface area contributed by atoms with Gasteiger partial charge in [0.25, 0.3) is 0 Å². The Balaban J connectivity index is 2.53. The van der Waals surface area contributed by atoms with Crippen molar-refractivity contribution >= 4 is 5.97 Å². The molecule has 94 valence electrons. The van der Waals surface area contributed by atoms with E-state index in [2.05, 4.69) is 19.2 Å². The second kappa shape index (κ2) is 5.67. The van der Waals surface area contributed by atoms with E-state index in [0.717, 1.165) is 18.9 Å². The van der Waals surface area contributed by atoms with E-state index < -0.39 is 5.54 Å². The molecule has 0 saturated heterocycles. The summed E-state index contributed by atoms with van der Waals surface area (Å²) in [5.74, 6) is 1.16. The molecule has 1 unspecified atom stereocenters. The van der Waals surface area contributed by atoms with Crippen LogP contribution in [0.25, 0.3) is 0 Å².